The minimum Gasteiger partial charge on any atom is -0.475 e. The first-order valence-electron chi connectivity index (χ1n) is 4.37. The van der Waals surface area contributed by atoms with Crippen LogP contribution < -0.4 is 0 Å². The molecule has 0 radical (unpaired) electrons. The van der Waals surface area contributed by atoms with E-state index < -0.39 is 5.97 Å². The Labute approximate surface area is 90.4 Å². The van der Waals surface area contributed by atoms with E-state index in [0.29, 0.717) is 11.3 Å². The van der Waals surface area contributed by atoms with Crippen LogP contribution in [0.2, 0.25) is 0 Å². The molecule has 0 amide bonds. The van der Waals surface area contributed by atoms with Gasteiger partial charge in [0.25, 0.3) is 5.82 Å². The van der Waals surface area contributed by atoms with Crippen molar-refractivity contribution in [3.63, 3.8) is 0 Å². The predicted octanol–water partition coefficient (Wildman–Crippen LogP) is 0.837. The van der Waals surface area contributed by atoms with Gasteiger partial charge in [0.05, 0.1) is 11.3 Å². The molecule has 0 bridgehead atoms. The molecule has 0 saturated heterocycles. The van der Waals surface area contributed by atoms with Gasteiger partial charge in [-0.15, -0.1) is 5.10 Å². The average molecular weight is 214 g/mol. The fourth-order valence-corrected chi connectivity index (χ4v) is 1.25. The molecule has 1 aromatic carbocycles. The quantitative estimate of drug-likeness (QED) is 0.799. The number of benzene rings is 1. The first kappa shape index (κ1) is 9.86. The van der Waals surface area contributed by atoms with Crippen LogP contribution in [0.25, 0.3) is 5.69 Å². The Kier molecular flexibility index (Phi) is 2.36. The maximum Gasteiger partial charge on any atom is 0.375 e. The lowest BCUT2D eigenvalue weighted by Crippen LogP contribution is -2.02. The normalized spacial score (nSPS) is 9.69. The number of nitrogens with zero attached hydrogens (tertiary/aromatic N) is 4. The van der Waals surface area contributed by atoms with Gasteiger partial charge in [-0.3, -0.25) is 0 Å². The van der Waals surface area contributed by atoms with Gasteiger partial charge in [0, 0.05) is 0 Å². The van der Waals surface area contributed by atoms with Crippen molar-refractivity contribution in [2.75, 3.05) is 0 Å². The Bertz CT molecular complexity index is 583. The molecule has 2 aromatic rings. The maximum atomic E-state index is 10.6. The molecule has 16 heavy (non-hydrogen) atoms. The van der Waals surface area contributed by atoms with Gasteiger partial charge in [-0.1, -0.05) is 12.1 Å². The Morgan fingerprint density at radius 3 is 2.81 bits per heavy atom. The smallest absolute Gasteiger partial charge is 0.375 e. The Morgan fingerprint density at radius 1 is 1.44 bits per heavy atom. The van der Waals surface area contributed by atoms with Crippen LogP contribution in [0.4, 0.5) is 0 Å². The van der Waals surface area contributed by atoms with Gasteiger partial charge in [-0.2, -0.15) is 5.26 Å². The second-order valence-corrected chi connectivity index (χ2v) is 2.95. The molecule has 0 aliphatic heterocycles. The van der Waals surface area contributed by atoms with E-state index in [1.807, 2.05) is 6.07 Å². The molecule has 0 aliphatic carbocycles. The number of aromatic carboxylic acids is 1. The Balaban J connectivity index is 2.51. The molecule has 0 fully saturated rings. The summed E-state index contributed by atoms with van der Waals surface area (Å²) in [6.07, 6.45) is 1.26. The minimum atomic E-state index is -1.20. The molecule has 1 aromatic heterocycles. The van der Waals surface area contributed by atoms with Gasteiger partial charge < -0.3 is 5.11 Å². The van der Waals surface area contributed by atoms with Crippen molar-refractivity contribution < 1.29 is 9.90 Å². The Morgan fingerprint density at radius 2 is 2.19 bits per heavy atom. The van der Waals surface area contributed by atoms with Crippen LogP contribution in [0, 0.1) is 11.3 Å². The second kappa shape index (κ2) is 3.82. The third-order valence-electron chi connectivity index (χ3n) is 1.95. The molecule has 0 atom stereocenters. The summed E-state index contributed by atoms with van der Waals surface area (Å²) in [7, 11) is 0. The highest BCUT2D eigenvalue weighted by atomic mass is 16.4. The number of hydrogen-bond donors (Lipinski definition) is 1. The summed E-state index contributed by atoms with van der Waals surface area (Å²) in [5, 5.41) is 21.3. The molecule has 1 heterocycles. The van der Waals surface area contributed by atoms with E-state index in [1.165, 1.54) is 11.0 Å². The zero-order chi connectivity index (χ0) is 11.5. The van der Waals surface area contributed by atoms with Crippen LogP contribution in [-0.4, -0.2) is 25.8 Å². The zero-order valence-corrected chi connectivity index (χ0v) is 8.03. The van der Waals surface area contributed by atoms with E-state index in [4.69, 9.17) is 10.4 Å². The summed E-state index contributed by atoms with van der Waals surface area (Å²) in [5.74, 6) is -1.50. The minimum absolute atomic E-state index is 0.298. The summed E-state index contributed by atoms with van der Waals surface area (Å²) in [6.45, 7) is 0. The monoisotopic (exact) mass is 214 g/mol. The molecule has 0 unspecified atom stereocenters. The van der Waals surface area contributed by atoms with Crippen LogP contribution >= 0.6 is 0 Å². The molecule has 0 aliphatic rings. The van der Waals surface area contributed by atoms with Crippen LogP contribution in [0.5, 0.6) is 0 Å². The summed E-state index contributed by atoms with van der Waals surface area (Å²) >= 11 is 0. The lowest BCUT2D eigenvalue weighted by molar-refractivity contribution is 0.0683. The summed E-state index contributed by atoms with van der Waals surface area (Å²) in [5.41, 5.74) is 0.911. The number of nitriles is 1. The number of rotatable bonds is 2. The first-order valence-corrected chi connectivity index (χ1v) is 4.37. The van der Waals surface area contributed by atoms with E-state index in [0.717, 1.165) is 0 Å². The molecule has 1 N–H and O–H groups in total. The zero-order valence-electron chi connectivity index (χ0n) is 8.03. The van der Waals surface area contributed by atoms with Crippen molar-refractivity contribution in [1.29, 1.82) is 5.26 Å². The number of carboxylic acids is 1. The van der Waals surface area contributed by atoms with E-state index >= 15 is 0 Å². The predicted molar refractivity (Wildman–Crippen MR) is 53.0 cm³/mol. The molecule has 0 saturated carbocycles. The van der Waals surface area contributed by atoms with Gasteiger partial charge in [0.2, 0.25) is 0 Å². The van der Waals surface area contributed by atoms with Gasteiger partial charge in [0.15, 0.2) is 0 Å². The van der Waals surface area contributed by atoms with Crippen molar-refractivity contribution in [3.8, 4) is 11.8 Å². The molecule has 78 valence electrons. The van der Waals surface area contributed by atoms with Gasteiger partial charge in [-0.25, -0.2) is 14.5 Å². The third kappa shape index (κ3) is 1.62. The van der Waals surface area contributed by atoms with Crippen molar-refractivity contribution in [3.05, 3.63) is 42.0 Å². The van der Waals surface area contributed by atoms with Crippen molar-refractivity contribution in [1.82, 2.24) is 14.8 Å². The lowest BCUT2D eigenvalue weighted by atomic mass is 10.2. The number of carboxylic acid groups (broad SMARTS) is 1. The van der Waals surface area contributed by atoms with E-state index in [1.54, 1.807) is 24.3 Å². The summed E-state index contributed by atoms with van der Waals surface area (Å²) < 4.78 is 1.27. The number of carbonyl (C=O) groups is 1. The van der Waals surface area contributed by atoms with Crippen LogP contribution in [0.15, 0.2) is 30.6 Å². The molecule has 6 nitrogen and oxygen atoms in total. The van der Waals surface area contributed by atoms with Crippen LogP contribution in [0.1, 0.15) is 16.2 Å². The van der Waals surface area contributed by atoms with E-state index in [-0.39, 0.29) is 5.82 Å². The lowest BCUT2D eigenvalue weighted by Gasteiger charge is -2.01. The van der Waals surface area contributed by atoms with Crippen LogP contribution in [-0.2, 0) is 0 Å². The largest absolute Gasteiger partial charge is 0.475 e. The fraction of sp³-hybridized carbons (Fsp3) is 0. The SMILES string of the molecule is N#Cc1ccccc1-n1cnc(C(=O)O)n1. The summed E-state index contributed by atoms with van der Waals surface area (Å²) in [6, 6.07) is 8.74. The highest BCUT2D eigenvalue weighted by molar-refractivity contribution is 5.82. The topological polar surface area (TPSA) is 91.8 Å². The average Bonchev–Trinajstić information content (AvgIpc) is 2.78. The Hall–Kier alpha value is -2.68. The van der Waals surface area contributed by atoms with Crippen LogP contribution in [0.3, 0.4) is 0 Å². The van der Waals surface area contributed by atoms with Crippen molar-refractivity contribution in [2.24, 2.45) is 0 Å². The summed E-state index contributed by atoms with van der Waals surface area (Å²) in [4.78, 5) is 14.2. The number of para-hydroxylation sites is 1. The highest BCUT2D eigenvalue weighted by Crippen LogP contribution is 2.11. The van der Waals surface area contributed by atoms with E-state index in [2.05, 4.69) is 10.1 Å². The molecule has 6 heteroatoms. The third-order valence-corrected chi connectivity index (χ3v) is 1.95. The number of hydrogen-bond acceptors (Lipinski definition) is 4. The molecular formula is C10H6N4O2. The van der Waals surface area contributed by atoms with E-state index in [9.17, 15) is 4.79 Å². The molecular weight excluding hydrogens is 208 g/mol. The highest BCUT2D eigenvalue weighted by Gasteiger charge is 2.11. The second-order valence-electron chi connectivity index (χ2n) is 2.95. The number of aromatic nitrogens is 3. The van der Waals surface area contributed by atoms with Gasteiger partial charge in [0.1, 0.15) is 12.4 Å². The van der Waals surface area contributed by atoms with Crippen molar-refractivity contribution in [2.45, 2.75) is 0 Å². The van der Waals surface area contributed by atoms with Crippen molar-refractivity contribution >= 4 is 5.97 Å². The maximum absolute atomic E-state index is 10.6. The van der Waals surface area contributed by atoms with Gasteiger partial charge >= 0.3 is 5.97 Å². The fourth-order valence-electron chi connectivity index (χ4n) is 1.25. The first-order chi connectivity index (χ1) is 7.72. The standard InChI is InChI=1S/C10H6N4O2/c11-5-7-3-1-2-4-8(7)14-6-12-9(13-14)10(15)16/h1-4,6H,(H,15,16). The molecule has 2 rings (SSSR count). The molecule has 0 spiro atoms. The van der Waals surface area contributed by atoms with Gasteiger partial charge in [-0.05, 0) is 12.1 Å².